The Morgan fingerprint density at radius 3 is 2.80 bits per heavy atom. The molecule has 2 aliphatic heterocycles. The molecule has 0 N–H and O–H groups in total. The predicted molar refractivity (Wildman–Crippen MR) is 58.8 cm³/mol. The molecular weight excluding hydrogens is 190 g/mol. The van der Waals surface area contributed by atoms with E-state index in [0.29, 0.717) is 5.92 Å². The van der Waals surface area contributed by atoms with Crippen LogP contribution in [-0.4, -0.2) is 44.0 Å². The van der Waals surface area contributed by atoms with Gasteiger partial charge in [0.1, 0.15) is 6.29 Å². The zero-order chi connectivity index (χ0) is 10.5. The fraction of sp³-hybridized carbons (Fsp3) is 0.917. The maximum atomic E-state index is 10.8. The maximum absolute atomic E-state index is 10.8. The molecule has 3 nitrogen and oxygen atoms in total. The summed E-state index contributed by atoms with van der Waals surface area (Å²) in [5, 5.41) is 0. The molecule has 15 heavy (non-hydrogen) atoms. The quantitative estimate of drug-likeness (QED) is 0.659. The zero-order valence-corrected chi connectivity index (χ0v) is 9.36. The van der Waals surface area contributed by atoms with E-state index in [9.17, 15) is 4.79 Å². The van der Waals surface area contributed by atoms with E-state index in [1.54, 1.807) is 0 Å². The largest absolute Gasteiger partial charge is 0.381 e. The standard InChI is InChI=1S/C12H21NO2/c14-10-12-2-1-5-13(9-12)8-11-3-6-15-7-4-11/h10-12H,1-9H2. The lowest BCUT2D eigenvalue weighted by atomic mass is 9.95. The third-order valence-corrected chi connectivity index (χ3v) is 3.59. The first-order valence-corrected chi connectivity index (χ1v) is 6.14. The average molecular weight is 211 g/mol. The lowest BCUT2D eigenvalue weighted by Crippen LogP contribution is -2.40. The van der Waals surface area contributed by atoms with Gasteiger partial charge in [-0.1, -0.05) is 0 Å². The minimum absolute atomic E-state index is 0.290. The van der Waals surface area contributed by atoms with E-state index in [-0.39, 0.29) is 0 Å². The second-order valence-electron chi connectivity index (χ2n) is 4.85. The molecule has 2 aliphatic rings. The van der Waals surface area contributed by atoms with Crippen LogP contribution >= 0.6 is 0 Å². The van der Waals surface area contributed by atoms with Crippen LogP contribution in [0.2, 0.25) is 0 Å². The summed E-state index contributed by atoms with van der Waals surface area (Å²) in [5.74, 6) is 1.09. The molecule has 0 aliphatic carbocycles. The molecule has 2 heterocycles. The van der Waals surface area contributed by atoms with Gasteiger partial charge in [0, 0.05) is 32.2 Å². The van der Waals surface area contributed by atoms with Crippen LogP contribution in [0.5, 0.6) is 0 Å². The molecule has 0 aromatic carbocycles. The van der Waals surface area contributed by atoms with Gasteiger partial charge in [0.2, 0.25) is 0 Å². The van der Waals surface area contributed by atoms with Gasteiger partial charge < -0.3 is 14.4 Å². The normalized spacial score (nSPS) is 30.3. The van der Waals surface area contributed by atoms with E-state index in [4.69, 9.17) is 4.74 Å². The smallest absolute Gasteiger partial charge is 0.124 e. The molecule has 0 amide bonds. The first-order chi connectivity index (χ1) is 7.38. The van der Waals surface area contributed by atoms with Crippen molar-refractivity contribution < 1.29 is 9.53 Å². The molecule has 1 unspecified atom stereocenters. The Morgan fingerprint density at radius 1 is 1.27 bits per heavy atom. The lowest BCUT2D eigenvalue weighted by Gasteiger charge is -2.34. The number of carbonyl (C=O) groups excluding carboxylic acids is 1. The second kappa shape index (κ2) is 5.61. The Labute approximate surface area is 91.8 Å². The van der Waals surface area contributed by atoms with E-state index in [2.05, 4.69) is 4.90 Å². The first kappa shape index (κ1) is 11.1. The molecule has 2 rings (SSSR count). The van der Waals surface area contributed by atoms with Crippen LogP contribution in [0.4, 0.5) is 0 Å². The van der Waals surface area contributed by atoms with Gasteiger partial charge in [-0.2, -0.15) is 0 Å². The molecule has 0 radical (unpaired) electrons. The number of nitrogens with zero attached hydrogens (tertiary/aromatic N) is 1. The number of hydrogen-bond acceptors (Lipinski definition) is 3. The third kappa shape index (κ3) is 3.28. The van der Waals surface area contributed by atoms with Gasteiger partial charge in [-0.05, 0) is 38.1 Å². The summed E-state index contributed by atoms with van der Waals surface area (Å²) >= 11 is 0. The third-order valence-electron chi connectivity index (χ3n) is 3.59. The monoisotopic (exact) mass is 211 g/mol. The summed E-state index contributed by atoms with van der Waals surface area (Å²) in [4.78, 5) is 13.2. The fourth-order valence-corrected chi connectivity index (χ4v) is 2.66. The molecule has 3 heteroatoms. The van der Waals surface area contributed by atoms with Crippen molar-refractivity contribution in [3.8, 4) is 0 Å². The molecule has 0 bridgehead atoms. The van der Waals surface area contributed by atoms with Crippen molar-refractivity contribution in [1.82, 2.24) is 4.90 Å². The van der Waals surface area contributed by atoms with E-state index in [1.807, 2.05) is 0 Å². The van der Waals surface area contributed by atoms with Crippen molar-refractivity contribution in [2.45, 2.75) is 25.7 Å². The van der Waals surface area contributed by atoms with Gasteiger partial charge in [0.15, 0.2) is 0 Å². The summed E-state index contributed by atoms with van der Waals surface area (Å²) in [6, 6.07) is 0. The van der Waals surface area contributed by atoms with Crippen LogP contribution in [-0.2, 0) is 9.53 Å². The van der Waals surface area contributed by atoms with Crippen LogP contribution < -0.4 is 0 Å². The number of piperidine rings is 1. The number of aldehydes is 1. The zero-order valence-electron chi connectivity index (χ0n) is 9.36. The molecule has 1 atom stereocenters. The van der Waals surface area contributed by atoms with Crippen LogP contribution in [0.15, 0.2) is 0 Å². The minimum Gasteiger partial charge on any atom is -0.381 e. The molecule has 0 spiro atoms. The van der Waals surface area contributed by atoms with Crippen molar-refractivity contribution in [1.29, 1.82) is 0 Å². The topological polar surface area (TPSA) is 29.5 Å². The fourth-order valence-electron chi connectivity index (χ4n) is 2.66. The molecule has 0 aromatic rings. The van der Waals surface area contributed by atoms with Crippen molar-refractivity contribution >= 4 is 6.29 Å². The van der Waals surface area contributed by atoms with E-state index < -0.39 is 0 Å². The SMILES string of the molecule is O=CC1CCCN(CC2CCOCC2)C1. The first-order valence-electron chi connectivity index (χ1n) is 6.14. The van der Waals surface area contributed by atoms with Gasteiger partial charge in [0.25, 0.3) is 0 Å². The van der Waals surface area contributed by atoms with E-state index in [0.717, 1.165) is 38.4 Å². The Balaban J connectivity index is 1.75. The van der Waals surface area contributed by atoms with Crippen LogP contribution in [0, 0.1) is 11.8 Å². The summed E-state index contributed by atoms with van der Waals surface area (Å²) in [5.41, 5.74) is 0. The average Bonchev–Trinajstić information content (AvgIpc) is 2.31. The number of carbonyl (C=O) groups is 1. The number of rotatable bonds is 3. The van der Waals surface area contributed by atoms with Crippen LogP contribution in [0.25, 0.3) is 0 Å². The van der Waals surface area contributed by atoms with Crippen LogP contribution in [0.1, 0.15) is 25.7 Å². The maximum Gasteiger partial charge on any atom is 0.124 e. The molecule has 0 saturated carbocycles. The highest BCUT2D eigenvalue weighted by atomic mass is 16.5. The highest BCUT2D eigenvalue weighted by Gasteiger charge is 2.22. The van der Waals surface area contributed by atoms with Crippen LogP contribution in [0.3, 0.4) is 0 Å². The van der Waals surface area contributed by atoms with E-state index >= 15 is 0 Å². The molecule has 2 fully saturated rings. The Hall–Kier alpha value is -0.410. The second-order valence-corrected chi connectivity index (χ2v) is 4.85. The van der Waals surface area contributed by atoms with Crippen molar-refractivity contribution in [3.05, 3.63) is 0 Å². The molecule has 2 saturated heterocycles. The summed E-state index contributed by atoms with van der Waals surface area (Å²) in [7, 11) is 0. The van der Waals surface area contributed by atoms with Gasteiger partial charge in [0.05, 0.1) is 0 Å². The molecule has 86 valence electrons. The van der Waals surface area contributed by atoms with Gasteiger partial charge in [-0.25, -0.2) is 0 Å². The van der Waals surface area contributed by atoms with Gasteiger partial charge in [-0.15, -0.1) is 0 Å². The molecular formula is C12H21NO2. The summed E-state index contributed by atoms with van der Waals surface area (Å²) < 4.78 is 5.36. The minimum atomic E-state index is 0.290. The Morgan fingerprint density at radius 2 is 2.07 bits per heavy atom. The van der Waals surface area contributed by atoms with Gasteiger partial charge >= 0.3 is 0 Å². The summed E-state index contributed by atoms with van der Waals surface area (Å²) in [6.45, 7) is 5.20. The summed E-state index contributed by atoms with van der Waals surface area (Å²) in [6.07, 6.45) is 5.81. The predicted octanol–water partition coefficient (Wildman–Crippen LogP) is 1.32. The number of likely N-dealkylation sites (tertiary alicyclic amines) is 1. The van der Waals surface area contributed by atoms with Crippen molar-refractivity contribution in [2.24, 2.45) is 11.8 Å². The molecule has 0 aromatic heterocycles. The number of ether oxygens (including phenoxy) is 1. The van der Waals surface area contributed by atoms with Gasteiger partial charge in [-0.3, -0.25) is 0 Å². The Bertz CT molecular complexity index is 202. The highest BCUT2D eigenvalue weighted by molar-refractivity contribution is 5.53. The van der Waals surface area contributed by atoms with E-state index in [1.165, 1.54) is 32.4 Å². The number of hydrogen-bond donors (Lipinski definition) is 0. The lowest BCUT2D eigenvalue weighted by molar-refractivity contribution is -0.112. The van der Waals surface area contributed by atoms with Crippen molar-refractivity contribution in [2.75, 3.05) is 32.8 Å². The van der Waals surface area contributed by atoms with Crippen molar-refractivity contribution in [3.63, 3.8) is 0 Å². The highest BCUT2D eigenvalue weighted by Crippen LogP contribution is 2.20. The Kier molecular flexibility index (Phi) is 4.15.